The summed E-state index contributed by atoms with van der Waals surface area (Å²) in [6.07, 6.45) is 0. The molecule has 0 unspecified atom stereocenters. The van der Waals surface area contributed by atoms with Crippen molar-refractivity contribution in [2.75, 3.05) is 0 Å². The zero-order valence-electron chi connectivity index (χ0n) is 29.0. The molecule has 0 bridgehead atoms. The van der Waals surface area contributed by atoms with E-state index in [9.17, 15) is 0 Å². The Morgan fingerprint density at radius 2 is 0.709 bits per heavy atom. The van der Waals surface area contributed by atoms with Crippen molar-refractivity contribution in [2.45, 2.75) is 0 Å². The van der Waals surface area contributed by atoms with E-state index < -0.39 is 0 Å². The maximum absolute atomic E-state index is 6.33. The lowest BCUT2D eigenvalue weighted by Crippen LogP contribution is -2.00. The fourth-order valence-corrected chi connectivity index (χ4v) is 7.05. The fourth-order valence-electron chi connectivity index (χ4n) is 7.05. The molecule has 0 fully saturated rings. The molecule has 4 aromatic heterocycles. The number of hydrogen-bond donors (Lipinski definition) is 0. The molecular formula is C47H27N5O3. The van der Waals surface area contributed by atoms with Crippen LogP contribution in [0, 0.1) is 0 Å². The van der Waals surface area contributed by atoms with E-state index in [0.29, 0.717) is 29.3 Å². The maximum Gasteiger partial charge on any atom is 0.227 e. The van der Waals surface area contributed by atoms with Crippen LogP contribution < -0.4 is 0 Å². The molecule has 0 spiro atoms. The highest BCUT2D eigenvalue weighted by atomic mass is 16.4. The molecule has 4 heterocycles. The molecule has 11 aromatic rings. The van der Waals surface area contributed by atoms with Crippen molar-refractivity contribution in [3.8, 4) is 68.2 Å². The van der Waals surface area contributed by atoms with Crippen molar-refractivity contribution in [1.29, 1.82) is 0 Å². The number of aromatic nitrogens is 5. The molecule has 11 rings (SSSR count). The molecule has 0 saturated carbocycles. The molecular weight excluding hydrogens is 683 g/mol. The molecule has 0 saturated heterocycles. The summed E-state index contributed by atoms with van der Waals surface area (Å²) in [5.41, 5.74) is 11.2. The summed E-state index contributed by atoms with van der Waals surface area (Å²) in [5.74, 6) is 2.76. The second kappa shape index (κ2) is 12.5. The second-order valence-electron chi connectivity index (χ2n) is 13.3. The second-order valence-corrected chi connectivity index (χ2v) is 13.3. The van der Waals surface area contributed by atoms with Crippen LogP contribution in [0.2, 0.25) is 0 Å². The standard InChI is InChI=1S/C47H27N5O3/c1-4-13-39-35(8-1)36-10-7-9-34(42(36)53-39)28-16-18-29(19-17-28)43-50-44(30-20-24-32(25-21-30)46-48-37-11-2-5-14-40(37)54-46)52-45(51-43)31-22-26-33(27-23-31)47-49-38-12-3-6-15-41(38)55-47/h1-27H. The van der Waals surface area contributed by atoms with Gasteiger partial charge in [0.05, 0.1) is 0 Å². The monoisotopic (exact) mass is 709 g/mol. The van der Waals surface area contributed by atoms with Crippen LogP contribution in [0.3, 0.4) is 0 Å². The molecule has 0 N–H and O–H groups in total. The average Bonchev–Trinajstić information content (AvgIpc) is 3.99. The van der Waals surface area contributed by atoms with Gasteiger partial charge < -0.3 is 13.3 Å². The van der Waals surface area contributed by atoms with E-state index in [2.05, 4.69) is 46.4 Å². The van der Waals surface area contributed by atoms with E-state index in [0.717, 1.165) is 83.1 Å². The average molecular weight is 710 g/mol. The Morgan fingerprint density at radius 3 is 1.22 bits per heavy atom. The Hall–Kier alpha value is -7.71. The van der Waals surface area contributed by atoms with Gasteiger partial charge in [-0.05, 0) is 60.2 Å². The van der Waals surface area contributed by atoms with Crippen LogP contribution in [0.4, 0.5) is 0 Å². The fraction of sp³-hybridized carbons (Fsp3) is 0. The van der Waals surface area contributed by atoms with Crippen LogP contribution in [0.15, 0.2) is 177 Å². The third kappa shape index (κ3) is 5.43. The lowest BCUT2D eigenvalue weighted by molar-refractivity contribution is 0.619. The van der Waals surface area contributed by atoms with E-state index in [4.69, 9.17) is 28.2 Å². The molecule has 0 radical (unpaired) electrons. The summed E-state index contributed by atoms with van der Waals surface area (Å²) in [6, 6.07) is 54.0. The van der Waals surface area contributed by atoms with Crippen molar-refractivity contribution in [1.82, 2.24) is 24.9 Å². The Morgan fingerprint density at radius 1 is 0.291 bits per heavy atom. The minimum absolute atomic E-state index is 0.545. The van der Waals surface area contributed by atoms with Crippen LogP contribution in [0.1, 0.15) is 0 Å². The highest BCUT2D eigenvalue weighted by Gasteiger charge is 2.17. The van der Waals surface area contributed by atoms with Gasteiger partial charge >= 0.3 is 0 Å². The van der Waals surface area contributed by atoms with Crippen LogP contribution in [0.5, 0.6) is 0 Å². The lowest BCUT2D eigenvalue weighted by Gasteiger charge is -2.10. The van der Waals surface area contributed by atoms with Gasteiger partial charge in [0.2, 0.25) is 11.8 Å². The third-order valence-corrected chi connectivity index (χ3v) is 9.86. The summed E-state index contributed by atoms with van der Waals surface area (Å²) in [5, 5.41) is 2.19. The Kier molecular flexibility index (Phi) is 6.99. The van der Waals surface area contributed by atoms with Gasteiger partial charge in [-0.15, -0.1) is 0 Å². The molecule has 0 atom stereocenters. The molecule has 55 heavy (non-hydrogen) atoms. The number of fused-ring (bicyclic) bond motifs is 5. The number of nitrogens with zero attached hydrogens (tertiary/aromatic N) is 5. The first kappa shape index (κ1) is 30.9. The van der Waals surface area contributed by atoms with Gasteiger partial charge in [-0.1, -0.05) is 109 Å². The van der Waals surface area contributed by atoms with Crippen LogP contribution in [-0.4, -0.2) is 24.9 Å². The van der Waals surface area contributed by atoms with Gasteiger partial charge in [-0.3, -0.25) is 0 Å². The molecule has 0 amide bonds. The number of oxazole rings is 2. The quantitative estimate of drug-likeness (QED) is 0.168. The molecule has 0 aliphatic carbocycles. The summed E-state index contributed by atoms with van der Waals surface area (Å²) >= 11 is 0. The van der Waals surface area contributed by atoms with Crippen molar-refractivity contribution < 1.29 is 13.3 Å². The SMILES string of the molecule is c1ccc2oc(-c3ccc(-c4nc(-c5ccc(-c6nc7ccccc7o6)cc5)nc(-c5ccc(-c6cccc7c6oc6ccccc67)cc5)n4)cc3)nc2c1. The molecule has 8 nitrogen and oxygen atoms in total. The van der Waals surface area contributed by atoms with E-state index in [-0.39, 0.29) is 0 Å². The smallest absolute Gasteiger partial charge is 0.227 e. The van der Waals surface area contributed by atoms with Gasteiger partial charge in [0.1, 0.15) is 22.2 Å². The number of rotatable bonds is 6. The van der Waals surface area contributed by atoms with Gasteiger partial charge in [0.15, 0.2) is 28.6 Å². The van der Waals surface area contributed by atoms with Gasteiger partial charge in [0, 0.05) is 44.2 Å². The van der Waals surface area contributed by atoms with E-state index >= 15 is 0 Å². The van der Waals surface area contributed by atoms with Crippen LogP contribution in [0.25, 0.3) is 112 Å². The first-order chi connectivity index (χ1) is 27.2. The topological polar surface area (TPSA) is 104 Å². The molecule has 0 aliphatic rings. The summed E-state index contributed by atoms with van der Waals surface area (Å²) < 4.78 is 18.4. The van der Waals surface area contributed by atoms with E-state index in [1.807, 2.05) is 127 Å². The summed E-state index contributed by atoms with van der Waals surface area (Å²) in [4.78, 5) is 24.3. The van der Waals surface area contributed by atoms with E-state index in [1.165, 1.54) is 0 Å². The van der Waals surface area contributed by atoms with Crippen LogP contribution in [-0.2, 0) is 0 Å². The van der Waals surface area contributed by atoms with Crippen molar-refractivity contribution in [3.63, 3.8) is 0 Å². The predicted molar refractivity (Wildman–Crippen MR) is 215 cm³/mol. The first-order valence-electron chi connectivity index (χ1n) is 17.9. The minimum atomic E-state index is 0.545. The summed E-state index contributed by atoms with van der Waals surface area (Å²) in [6.45, 7) is 0. The first-order valence-corrected chi connectivity index (χ1v) is 17.9. The van der Waals surface area contributed by atoms with Gasteiger partial charge in [0.25, 0.3) is 0 Å². The zero-order valence-corrected chi connectivity index (χ0v) is 29.0. The van der Waals surface area contributed by atoms with Crippen LogP contribution >= 0.6 is 0 Å². The third-order valence-electron chi connectivity index (χ3n) is 9.86. The Bertz CT molecular complexity index is 3000. The largest absolute Gasteiger partial charge is 0.455 e. The van der Waals surface area contributed by atoms with Gasteiger partial charge in [-0.2, -0.15) is 0 Å². The van der Waals surface area contributed by atoms with Gasteiger partial charge in [-0.25, -0.2) is 24.9 Å². The lowest BCUT2D eigenvalue weighted by atomic mass is 10.0. The van der Waals surface area contributed by atoms with Crippen molar-refractivity contribution in [3.05, 3.63) is 164 Å². The normalized spacial score (nSPS) is 11.6. The number of hydrogen-bond acceptors (Lipinski definition) is 8. The molecule has 8 heteroatoms. The van der Waals surface area contributed by atoms with E-state index in [1.54, 1.807) is 0 Å². The zero-order chi connectivity index (χ0) is 36.3. The predicted octanol–water partition coefficient (Wildman–Crippen LogP) is 12.1. The Labute approximate surface area is 313 Å². The van der Waals surface area contributed by atoms with Crippen molar-refractivity contribution >= 4 is 44.1 Å². The highest BCUT2D eigenvalue weighted by Crippen LogP contribution is 2.37. The highest BCUT2D eigenvalue weighted by molar-refractivity contribution is 6.09. The number of furan rings is 1. The molecule has 7 aromatic carbocycles. The molecule has 0 aliphatic heterocycles. The molecule has 258 valence electrons. The minimum Gasteiger partial charge on any atom is -0.455 e. The Balaban J connectivity index is 0.981. The number of benzene rings is 7. The number of para-hydroxylation sites is 6. The maximum atomic E-state index is 6.33. The summed E-state index contributed by atoms with van der Waals surface area (Å²) in [7, 11) is 0. The van der Waals surface area contributed by atoms with Crippen molar-refractivity contribution in [2.24, 2.45) is 0 Å².